The smallest absolute Gasteiger partial charge is 0.433 e. The Hall–Kier alpha value is -2.75. The summed E-state index contributed by atoms with van der Waals surface area (Å²) in [4.78, 5) is 38.4. The molecule has 0 N–H and O–H groups in total. The van der Waals surface area contributed by atoms with Crippen molar-refractivity contribution in [3.63, 3.8) is 0 Å². The topological polar surface area (TPSA) is 121 Å². The number of hydrogen-bond acceptors (Lipinski definition) is 7. The summed E-state index contributed by atoms with van der Waals surface area (Å²) in [7, 11) is 1.10. The van der Waals surface area contributed by atoms with Crippen LogP contribution in [0.4, 0.5) is 13.2 Å². The van der Waals surface area contributed by atoms with Crippen LogP contribution in [0.15, 0.2) is 6.07 Å². The lowest BCUT2D eigenvalue weighted by atomic mass is 9.87. The van der Waals surface area contributed by atoms with Gasteiger partial charge in [-0.25, -0.2) is 0 Å². The fraction of sp³-hybridized carbons (Fsp3) is 0.643. The molecule has 1 unspecified atom stereocenters. The van der Waals surface area contributed by atoms with Crippen molar-refractivity contribution in [2.45, 2.75) is 32.4 Å². The highest BCUT2D eigenvalue weighted by atomic mass is 19.4. The Morgan fingerprint density at radius 2 is 1.96 bits per heavy atom. The van der Waals surface area contributed by atoms with E-state index in [2.05, 4.69) is 5.10 Å². The first-order valence-corrected chi connectivity index (χ1v) is 7.42. The van der Waals surface area contributed by atoms with E-state index in [0.717, 1.165) is 13.1 Å². The van der Waals surface area contributed by atoms with Gasteiger partial charge in [0.05, 0.1) is 24.1 Å². The van der Waals surface area contributed by atoms with Gasteiger partial charge >= 0.3 is 18.3 Å². The molecule has 2 atom stereocenters. The first-order chi connectivity index (χ1) is 12.0. The van der Waals surface area contributed by atoms with Crippen molar-refractivity contribution in [2.24, 2.45) is 13.0 Å². The third-order valence-electron chi connectivity index (χ3n) is 3.43. The third-order valence-corrected chi connectivity index (χ3v) is 3.43. The van der Waals surface area contributed by atoms with Crippen molar-refractivity contribution in [1.29, 1.82) is 0 Å². The van der Waals surface area contributed by atoms with E-state index in [9.17, 15) is 28.1 Å². The number of halogens is 3. The SMILES string of the molecule is CCOC(=O)C(CC)[C@H](C[N+](=O)[O-])c1cc(C(F)(F)F)n(C)n1.O=C=O. The predicted octanol–water partition coefficient (Wildman–Crippen LogP) is 1.80. The maximum absolute atomic E-state index is 12.9. The van der Waals surface area contributed by atoms with Gasteiger partial charge in [-0.15, -0.1) is 0 Å². The van der Waals surface area contributed by atoms with E-state index < -0.39 is 41.1 Å². The second-order valence-corrected chi connectivity index (χ2v) is 5.05. The van der Waals surface area contributed by atoms with Crippen LogP contribution in [0.2, 0.25) is 0 Å². The van der Waals surface area contributed by atoms with Gasteiger partial charge < -0.3 is 4.74 Å². The molecular weight excluding hydrogens is 363 g/mol. The van der Waals surface area contributed by atoms with Crippen LogP contribution in [0, 0.1) is 16.0 Å². The second kappa shape index (κ2) is 10.3. The van der Waals surface area contributed by atoms with Crippen LogP contribution >= 0.6 is 0 Å². The molecule has 0 bridgehead atoms. The van der Waals surface area contributed by atoms with E-state index >= 15 is 0 Å². The molecule has 0 aliphatic rings. The predicted molar refractivity (Wildman–Crippen MR) is 78.2 cm³/mol. The standard InChI is InChI=1S/C13H18F3N3O4.CO2/c1-4-8(12(20)23-5-2)9(7-19(21)22)10-6-11(13(14,15)16)18(3)17-10;2-1-3/h6,8-9H,4-5,7H2,1-3H3;/t8?,9-;/m0./s1. The van der Waals surface area contributed by atoms with Crippen LogP contribution in [0.1, 0.15) is 37.6 Å². The minimum atomic E-state index is -4.63. The molecule has 0 saturated heterocycles. The van der Waals surface area contributed by atoms with Crippen molar-refractivity contribution < 1.29 is 37.2 Å². The number of alkyl halides is 3. The second-order valence-electron chi connectivity index (χ2n) is 5.05. The number of carbonyl (C=O) groups excluding carboxylic acids is 3. The van der Waals surface area contributed by atoms with E-state index in [1.807, 2.05) is 0 Å². The molecule has 0 aliphatic carbocycles. The Morgan fingerprint density at radius 3 is 2.31 bits per heavy atom. The first kappa shape index (κ1) is 23.2. The average molecular weight is 381 g/mol. The van der Waals surface area contributed by atoms with Gasteiger partial charge in [0.25, 0.3) is 0 Å². The fourth-order valence-corrected chi connectivity index (χ4v) is 2.39. The molecule has 1 aromatic heterocycles. The van der Waals surface area contributed by atoms with Gasteiger partial charge in [0.2, 0.25) is 6.54 Å². The highest BCUT2D eigenvalue weighted by molar-refractivity contribution is 5.73. The van der Waals surface area contributed by atoms with Crippen molar-refractivity contribution in [1.82, 2.24) is 9.78 Å². The monoisotopic (exact) mass is 381 g/mol. The maximum atomic E-state index is 12.9. The summed E-state index contributed by atoms with van der Waals surface area (Å²) in [5.74, 6) is -2.70. The largest absolute Gasteiger partial charge is 0.466 e. The molecule has 26 heavy (non-hydrogen) atoms. The lowest BCUT2D eigenvalue weighted by Crippen LogP contribution is -2.29. The van der Waals surface area contributed by atoms with Crippen LogP contribution < -0.4 is 0 Å². The van der Waals surface area contributed by atoms with Crippen molar-refractivity contribution in [3.8, 4) is 0 Å². The van der Waals surface area contributed by atoms with Gasteiger partial charge in [0, 0.05) is 12.0 Å². The normalized spacial score (nSPS) is 13.0. The molecule has 0 radical (unpaired) electrons. The molecule has 0 fully saturated rings. The molecule has 0 saturated carbocycles. The summed E-state index contributed by atoms with van der Waals surface area (Å²) < 4.78 is 44.1. The van der Waals surface area contributed by atoms with Gasteiger partial charge in [0.1, 0.15) is 5.69 Å². The van der Waals surface area contributed by atoms with Crippen molar-refractivity contribution >= 4 is 12.1 Å². The number of hydrogen-bond donors (Lipinski definition) is 0. The maximum Gasteiger partial charge on any atom is 0.433 e. The molecule has 0 aliphatic heterocycles. The Balaban J connectivity index is 0.00000194. The van der Waals surface area contributed by atoms with Gasteiger partial charge in [-0.1, -0.05) is 6.92 Å². The van der Waals surface area contributed by atoms with Crippen molar-refractivity contribution in [3.05, 3.63) is 27.6 Å². The molecule has 146 valence electrons. The zero-order chi connectivity index (χ0) is 20.5. The number of aromatic nitrogens is 2. The average Bonchev–Trinajstić information content (AvgIpc) is 2.89. The van der Waals surface area contributed by atoms with Crippen LogP contribution in [-0.2, 0) is 32.3 Å². The highest BCUT2D eigenvalue weighted by Gasteiger charge is 2.39. The third kappa shape index (κ3) is 6.63. The Kier molecular flexibility index (Phi) is 9.20. The van der Waals surface area contributed by atoms with Crippen LogP contribution in [0.25, 0.3) is 0 Å². The van der Waals surface area contributed by atoms with Gasteiger partial charge in [-0.05, 0) is 19.4 Å². The number of nitro groups is 1. The molecule has 12 heteroatoms. The van der Waals surface area contributed by atoms with E-state index in [1.54, 1.807) is 13.8 Å². The zero-order valence-electron chi connectivity index (χ0n) is 14.3. The minimum Gasteiger partial charge on any atom is -0.466 e. The van der Waals surface area contributed by atoms with E-state index in [-0.39, 0.29) is 24.9 Å². The number of rotatable bonds is 7. The number of nitrogens with zero attached hydrogens (tertiary/aromatic N) is 3. The molecule has 1 aromatic rings. The summed E-state index contributed by atoms with van der Waals surface area (Å²) in [6.45, 7) is 2.57. The first-order valence-electron chi connectivity index (χ1n) is 7.42. The lowest BCUT2D eigenvalue weighted by Gasteiger charge is -2.19. The molecule has 0 aromatic carbocycles. The van der Waals surface area contributed by atoms with Gasteiger partial charge in [-0.2, -0.15) is 27.9 Å². The van der Waals surface area contributed by atoms with Crippen LogP contribution in [0.5, 0.6) is 0 Å². The van der Waals surface area contributed by atoms with E-state index in [0.29, 0.717) is 4.68 Å². The molecule has 0 spiro atoms. The van der Waals surface area contributed by atoms with E-state index in [4.69, 9.17) is 14.3 Å². The number of carbonyl (C=O) groups is 1. The van der Waals surface area contributed by atoms with Gasteiger partial charge in [0.15, 0.2) is 0 Å². The molecule has 0 amide bonds. The summed E-state index contributed by atoms with van der Waals surface area (Å²) in [5.41, 5.74) is -1.17. The molecule has 1 heterocycles. The van der Waals surface area contributed by atoms with E-state index in [1.165, 1.54) is 0 Å². The zero-order valence-corrected chi connectivity index (χ0v) is 14.3. The number of aryl methyl sites for hydroxylation is 1. The quantitative estimate of drug-likeness (QED) is 0.401. The van der Waals surface area contributed by atoms with Crippen LogP contribution in [0.3, 0.4) is 0 Å². The number of ether oxygens (including phenoxy) is 1. The molecule has 1 rings (SSSR count). The minimum absolute atomic E-state index is 0.0799. The molecular formula is C14H18F3N3O6. The Labute approximate surface area is 146 Å². The highest BCUT2D eigenvalue weighted by Crippen LogP contribution is 2.34. The van der Waals surface area contributed by atoms with Crippen molar-refractivity contribution in [2.75, 3.05) is 13.2 Å². The molecule has 9 nitrogen and oxygen atoms in total. The summed E-state index contributed by atoms with van der Waals surface area (Å²) in [5, 5.41) is 14.6. The Morgan fingerprint density at radius 1 is 1.42 bits per heavy atom. The summed E-state index contributed by atoms with van der Waals surface area (Å²) in [6, 6.07) is 0.746. The van der Waals surface area contributed by atoms with Gasteiger partial charge in [-0.3, -0.25) is 19.6 Å². The number of esters is 1. The Bertz CT molecular complexity index is 653. The van der Waals surface area contributed by atoms with Crippen LogP contribution in [-0.4, -0.2) is 40.0 Å². The fourth-order valence-electron chi connectivity index (χ4n) is 2.39. The lowest BCUT2D eigenvalue weighted by molar-refractivity contribution is -0.484. The summed E-state index contributed by atoms with van der Waals surface area (Å²) >= 11 is 0. The summed E-state index contributed by atoms with van der Waals surface area (Å²) in [6.07, 6.45) is -4.19.